The average Bonchev–Trinajstić information content (AvgIpc) is 1.59. The third-order valence-electron chi connectivity index (χ3n) is 1.14. The van der Waals surface area contributed by atoms with Crippen molar-refractivity contribution in [1.82, 2.24) is 0 Å². The Morgan fingerprint density at radius 3 is 1.70 bits per heavy atom. The Balaban J connectivity index is 4.79. The summed E-state index contributed by atoms with van der Waals surface area (Å²) in [7, 11) is 0. The van der Waals surface area contributed by atoms with E-state index in [0.29, 0.717) is 11.1 Å². The van der Waals surface area contributed by atoms with Crippen molar-refractivity contribution >= 4 is 5.97 Å². The molecule has 2 heteroatoms. The van der Waals surface area contributed by atoms with Crippen LogP contribution in [-0.4, -0.2) is 11.1 Å². The topological polar surface area (TPSA) is 37.3 Å². The molecule has 10 heavy (non-hydrogen) atoms. The normalized spacial score (nSPS) is 8.70. The summed E-state index contributed by atoms with van der Waals surface area (Å²) >= 11 is 0. The SMILES string of the molecule is C=C(C)C(C(=O)O)=C(C)C. The minimum absolute atomic E-state index is 0.333. The molecule has 0 aliphatic carbocycles. The quantitative estimate of drug-likeness (QED) is 0.470. The highest BCUT2D eigenvalue weighted by Crippen LogP contribution is 2.11. The summed E-state index contributed by atoms with van der Waals surface area (Å²) in [6, 6.07) is 0. The number of hydrogen-bond donors (Lipinski definition) is 1. The number of hydrogen-bond acceptors (Lipinski definition) is 1. The molecule has 2 nitrogen and oxygen atoms in total. The number of rotatable bonds is 2. The molecule has 0 fully saturated rings. The Labute approximate surface area is 60.9 Å². The van der Waals surface area contributed by atoms with Crippen LogP contribution in [0.15, 0.2) is 23.3 Å². The first-order valence-corrected chi connectivity index (χ1v) is 3.03. The molecule has 0 atom stereocenters. The van der Waals surface area contributed by atoms with Crippen LogP contribution in [0, 0.1) is 0 Å². The number of allylic oxidation sites excluding steroid dienone is 1. The first-order chi connectivity index (χ1) is 4.46. The zero-order chi connectivity index (χ0) is 8.31. The van der Waals surface area contributed by atoms with Crippen molar-refractivity contribution in [2.45, 2.75) is 20.8 Å². The Kier molecular flexibility index (Phi) is 2.87. The van der Waals surface area contributed by atoms with Crippen LogP contribution in [0.3, 0.4) is 0 Å². The van der Waals surface area contributed by atoms with E-state index in [4.69, 9.17) is 5.11 Å². The molecule has 0 spiro atoms. The highest BCUT2D eigenvalue weighted by molar-refractivity contribution is 5.92. The van der Waals surface area contributed by atoms with E-state index in [2.05, 4.69) is 6.58 Å². The van der Waals surface area contributed by atoms with Crippen molar-refractivity contribution in [3.63, 3.8) is 0 Å². The molecule has 0 saturated heterocycles. The molecule has 0 heterocycles. The summed E-state index contributed by atoms with van der Waals surface area (Å²) in [6.07, 6.45) is 0. The molecule has 0 saturated carbocycles. The molecular weight excluding hydrogens is 128 g/mol. The maximum absolute atomic E-state index is 10.5. The van der Waals surface area contributed by atoms with Gasteiger partial charge in [0.05, 0.1) is 5.57 Å². The maximum Gasteiger partial charge on any atom is 0.335 e. The summed E-state index contributed by atoms with van der Waals surface area (Å²) in [5, 5.41) is 8.60. The number of carboxylic acid groups (broad SMARTS) is 1. The van der Waals surface area contributed by atoms with Gasteiger partial charge in [-0.1, -0.05) is 12.2 Å². The van der Waals surface area contributed by atoms with E-state index in [1.54, 1.807) is 20.8 Å². The van der Waals surface area contributed by atoms with Gasteiger partial charge in [-0.3, -0.25) is 0 Å². The summed E-state index contributed by atoms with van der Waals surface area (Å²) in [4.78, 5) is 10.5. The molecule has 56 valence electrons. The molecule has 0 unspecified atom stereocenters. The third kappa shape index (κ3) is 2.05. The minimum atomic E-state index is -0.896. The van der Waals surface area contributed by atoms with Gasteiger partial charge in [-0.2, -0.15) is 0 Å². The molecule has 0 aromatic carbocycles. The van der Waals surface area contributed by atoms with Gasteiger partial charge in [0.15, 0.2) is 0 Å². The van der Waals surface area contributed by atoms with E-state index in [-0.39, 0.29) is 0 Å². The van der Waals surface area contributed by atoms with Crippen molar-refractivity contribution in [1.29, 1.82) is 0 Å². The Bertz CT molecular complexity index is 179. The van der Waals surface area contributed by atoms with Crippen LogP contribution < -0.4 is 0 Å². The monoisotopic (exact) mass is 140 g/mol. The first kappa shape index (κ1) is 8.95. The van der Waals surface area contributed by atoms with Crippen molar-refractivity contribution in [2.24, 2.45) is 0 Å². The fourth-order valence-corrected chi connectivity index (χ4v) is 0.823. The van der Waals surface area contributed by atoms with Crippen LogP contribution in [0.4, 0.5) is 0 Å². The molecule has 0 aromatic rings. The van der Waals surface area contributed by atoms with Gasteiger partial charge in [0.2, 0.25) is 0 Å². The lowest BCUT2D eigenvalue weighted by Crippen LogP contribution is -2.02. The van der Waals surface area contributed by atoms with Gasteiger partial charge >= 0.3 is 5.97 Å². The molecule has 0 rings (SSSR count). The van der Waals surface area contributed by atoms with Crippen LogP contribution in [0.25, 0.3) is 0 Å². The van der Waals surface area contributed by atoms with Crippen LogP contribution in [0.5, 0.6) is 0 Å². The van der Waals surface area contributed by atoms with E-state index >= 15 is 0 Å². The second-order valence-corrected chi connectivity index (χ2v) is 2.46. The van der Waals surface area contributed by atoms with Gasteiger partial charge in [-0.05, 0) is 26.3 Å². The second kappa shape index (κ2) is 3.20. The highest BCUT2D eigenvalue weighted by atomic mass is 16.4. The second-order valence-electron chi connectivity index (χ2n) is 2.46. The lowest BCUT2D eigenvalue weighted by Gasteiger charge is -2.01. The van der Waals surface area contributed by atoms with Gasteiger partial charge in [0.1, 0.15) is 0 Å². The van der Waals surface area contributed by atoms with Gasteiger partial charge in [-0.15, -0.1) is 0 Å². The molecule has 0 aliphatic rings. The first-order valence-electron chi connectivity index (χ1n) is 3.03. The van der Waals surface area contributed by atoms with Crippen LogP contribution in [0.2, 0.25) is 0 Å². The van der Waals surface area contributed by atoms with Crippen molar-refractivity contribution < 1.29 is 9.90 Å². The Hall–Kier alpha value is -1.05. The van der Waals surface area contributed by atoms with Crippen molar-refractivity contribution in [3.05, 3.63) is 23.3 Å². The Morgan fingerprint density at radius 2 is 1.70 bits per heavy atom. The summed E-state index contributed by atoms with van der Waals surface area (Å²) in [5.41, 5.74) is 1.73. The summed E-state index contributed by atoms with van der Waals surface area (Å²) in [6.45, 7) is 8.77. The van der Waals surface area contributed by atoms with Gasteiger partial charge in [0.25, 0.3) is 0 Å². The van der Waals surface area contributed by atoms with Crippen LogP contribution >= 0.6 is 0 Å². The number of aliphatic carboxylic acids is 1. The van der Waals surface area contributed by atoms with E-state index < -0.39 is 5.97 Å². The van der Waals surface area contributed by atoms with E-state index in [0.717, 1.165) is 5.57 Å². The summed E-state index contributed by atoms with van der Waals surface area (Å²) < 4.78 is 0. The maximum atomic E-state index is 10.5. The lowest BCUT2D eigenvalue weighted by molar-refractivity contribution is -0.132. The predicted octanol–water partition coefficient (Wildman–Crippen LogP) is 1.98. The molecule has 0 radical (unpaired) electrons. The average molecular weight is 140 g/mol. The molecule has 0 bridgehead atoms. The van der Waals surface area contributed by atoms with Gasteiger partial charge in [-0.25, -0.2) is 4.79 Å². The summed E-state index contributed by atoms with van der Waals surface area (Å²) in [5.74, 6) is -0.896. The molecular formula is C8H12O2. The molecule has 1 N–H and O–H groups in total. The largest absolute Gasteiger partial charge is 0.478 e. The van der Waals surface area contributed by atoms with E-state index in [1.165, 1.54) is 0 Å². The Morgan fingerprint density at radius 1 is 1.30 bits per heavy atom. The van der Waals surface area contributed by atoms with Crippen molar-refractivity contribution in [3.8, 4) is 0 Å². The fourth-order valence-electron chi connectivity index (χ4n) is 0.823. The molecule has 0 aromatic heterocycles. The number of carbonyl (C=O) groups is 1. The molecule has 0 amide bonds. The fraction of sp³-hybridized carbons (Fsp3) is 0.375. The van der Waals surface area contributed by atoms with Gasteiger partial charge in [0, 0.05) is 0 Å². The third-order valence-corrected chi connectivity index (χ3v) is 1.14. The molecule has 0 aliphatic heterocycles. The standard InChI is InChI=1S/C8H12O2/c1-5(2)7(6(3)4)8(9)10/h1H2,2-4H3,(H,9,10). The number of carboxylic acids is 1. The zero-order valence-corrected chi connectivity index (χ0v) is 6.56. The van der Waals surface area contributed by atoms with E-state index in [1.807, 2.05) is 0 Å². The highest BCUT2D eigenvalue weighted by Gasteiger charge is 2.08. The predicted molar refractivity (Wildman–Crippen MR) is 40.8 cm³/mol. The smallest absolute Gasteiger partial charge is 0.335 e. The lowest BCUT2D eigenvalue weighted by atomic mass is 10.1. The van der Waals surface area contributed by atoms with Crippen molar-refractivity contribution in [2.75, 3.05) is 0 Å². The van der Waals surface area contributed by atoms with E-state index in [9.17, 15) is 4.79 Å². The minimum Gasteiger partial charge on any atom is -0.478 e. The zero-order valence-electron chi connectivity index (χ0n) is 6.56. The van der Waals surface area contributed by atoms with Crippen LogP contribution in [-0.2, 0) is 4.79 Å². The van der Waals surface area contributed by atoms with Gasteiger partial charge < -0.3 is 5.11 Å². The van der Waals surface area contributed by atoms with Crippen LogP contribution in [0.1, 0.15) is 20.8 Å².